The van der Waals surface area contributed by atoms with Crippen molar-refractivity contribution in [2.75, 3.05) is 0 Å². The van der Waals surface area contributed by atoms with Crippen molar-refractivity contribution in [1.82, 2.24) is 21.3 Å². The number of Topliss-reactive ketones (excluding diaryl/α,β-unsaturated/α-hetero) is 2. The van der Waals surface area contributed by atoms with Gasteiger partial charge in [-0.15, -0.1) is 0 Å². The molecule has 0 aliphatic rings. The molecule has 15 heteroatoms. The van der Waals surface area contributed by atoms with Crippen LogP contribution in [0.4, 0.5) is 9.59 Å². The van der Waals surface area contributed by atoms with Gasteiger partial charge in [0.2, 0.25) is 11.8 Å². The summed E-state index contributed by atoms with van der Waals surface area (Å²) in [6.45, 7) is 18.5. The summed E-state index contributed by atoms with van der Waals surface area (Å²) in [5.41, 5.74) is 8.37. The highest BCUT2D eigenvalue weighted by molar-refractivity contribution is 6.06. The van der Waals surface area contributed by atoms with Crippen molar-refractivity contribution in [3.63, 3.8) is 0 Å². The fourth-order valence-electron chi connectivity index (χ4n) is 5.93. The Kier molecular flexibility index (Phi) is 19.5. The molecular weight excluding hydrogens is 708 g/mol. The minimum Gasteiger partial charge on any atom is -0.444 e. The SMILES string of the molecule is CCCCCC(OCc1ccccc1)C(C(=O)NC(N)(CCC)C(=O)C(C)NC(=O)OC(C)(C)C)C(=O)NC(N)(CCC)C(=O)C(C)NC(=O)OC(C)(C)C. The lowest BCUT2D eigenvalue weighted by Gasteiger charge is -2.36. The summed E-state index contributed by atoms with van der Waals surface area (Å²) in [5.74, 6) is -4.98. The van der Waals surface area contributed by atoms with Crippen LogP contribution in [-0.2, 0) is 40.0 Å². The zero-order valence-corrected chi connectivity index (χ0v) is 34.9. The van der Waals surface area contributed by atoms with Gasteiger partial charge in [-0.25, -0.2) is 9.59 Å². The van der Waals surface area contributed by atoms with Gasteiger partial charge in [0.15, 0.2) is 22.9 Å². The molecule has 1 aromatic rings. The lowest BCUT2D eigenvalue weighted by atomic mass is 9.89. The van der Waals surface area contributed by atoms with Crippen LogP contribution >= 0.6 is 0 Å². The Morgan fingerprint density at radius 1 is 0.655 bits per heavy atom. The lowest BCUT2D eigenvalue weighted by molar-refractivity contribution is -0.149. The molecular formula is C40H68N6O9. The molecule has 0 saturated carbocycles. The summed E-state index contributed by atoms with van der Waals surface area (Å²) >= 11 is 0. The number of unbranched alkanes of at least 4 members (excludes halogenated alkanes) is 2. The number of rotatable bonds is 22. The Labute approximate surface area is 327 Å². The predicted molar refractivity (Wildman–Crippen MR) is 210 cm³/mol. The maximum absolute atomic E-state index is 14.5. The Bertz CT molecular complexity index is 1350. The molecule has 0 aliphatic carbocycles. The van der Waals surface area contributed by atoms with Gasteiger partial charge in [0.05, 0.1) is 24.8 Å². The van der Waals surface area contributed by atoms with Crippen molar-refractivity contribution < 1.29 is 43.0 Å². The lowest BCUT2D eigenvalue weighted by Crippen LogP contribution is -2.70. The van der Waals surface area contributed by atoms with Crippen LogP contribution in [0.2, 0.25) is 0 Å². The molecule has 55 heavy (non-hydrogen) atoms. The van der Waals surface area contributed by atoms with Gasteiger partial charge < -0.3 is 46.9 Å². The molecule has 312 valence electrons. The minimum absolute atomic E-state index is 0.0411. The van der Waals surface area contributed by atoms with Gasteiger partial charge in [-0.2, -0.15) is 0 Å². The van der Waals surface area contributed by atoms with Crippen molar-refractivity contribution in [3.8, 4) is 0 Å². The number of carbonyl (C=O) groups excluding carboxylic acids is 6. The maximum Gasteiger partial charge on any atom is 0.408 e. The zero-order chi connectivity index (χ0) is 42.2. The Hall–Kier alpha value is -4.08. The van der Waals surface area contributed by atoms with Crippen LogP contribution in [-0.4, -0.2) is 76.3 Å². The van der Waals surface area contributed by atoms with Gasteiger partial charge in [0.1, 0.15) is 17.1 Å². The molecule has 1 aromatic carbocycles. The molecule has 0 radical (unpaired) electrons. The summed E-state index contributed by atoms with van der Waals surface area (Å²) in [7, 11) is 0. The molecule has 0 fully saturated rings. The molecule has 4 amide bonds. The van der Waals surface area contributed by atoms with Crippen molar-refractivity contribution >= 4 is 35.6 Å². The molecule has 15 nitrogen and oxygen atoms in total. The second-order valence-electron chi connectivity index (χ2n) is 16.2. The van der Waals surface area contributed by atoms with E-state index in [1.54, 1.807) is 55.4 Å². The van der Waals surface area contributed by atoms with E-state index in [4.69, 9.17) is 25.7 Å². The Balaban J connectivity index is 3.67. The van der Waals surface area contributed by atoms with Crippen molar-refractivity contribution in [2.24, 2.45) is 17.4 Å². The van der Waals surface area contributed by atoms with Crippen molar-refractivity contribution in [2.45, 2.75) is 175 Å². The number of benzene rings is 1. The third-order valence-electron chi connectivity index (χ3n) is 8.45. The van der Waals surface area contributed by atoms with E-state index in [1.807, 2.05) is 37.3 Å². The van der Waals surface area contributed by atoms with Gasteiger partial charge in [0.25, 0.3) is 0 Å². The first-order valence-corrected chi connectivity index (χ1v) is 19.4. The molecule has 1 rings (SSSR count). The van der Waals surface area contributed by atoms with E-state index in [0.717, 1.165) is 18.4 Å². The molecule has 5 unspecified atom stereocenters. The standard InChI is InChI=1S/C40H68N6O9/c1-12-15-17-22-29(53-25-28-20-18-16-19-21-28)30(33(49)45-39(41,23-13-2)31(47)26(4)43-35(51)54-37(6,7)8)34(50)46-40(42,24-14-3)32(48)27(5)44-36(52)55-38(9,10)11/h16,18-21,26-27,29-30H,12-15,17,22-25,41-42H2,1-11H3,(H,43,51)(H,44,52)(H,45,49)(H,46,50). The van der Waals surface area contributed by atoms with Crippen molar-refractivity contribution in [3.05, 3.63) is 35.9 Å². The molecule has 0 heterocycles. The third-order valence-corrected chi connectivity index (χ3v) is 8.45. The maximum atomic E-state index is 14.5. The highest BCUT2D eigenvalue weighted by Gasteiger charge is 2.46. The van der Waals surface area contributed by atoms with E-state index in [-0.39, 0.29) is 25.9 Å². The summed E-state index contributed by atoms with van der Waals surface area (Å²) in [4.78, 5) is 81.9. The first-order chi connectivity index (χ1) is 25.4. The van der Waals surface area contributed by atoms with Gasteiger partial charge in [-0.1, -0.05) is 83.2 Å². The van der Waals surface area contributed by atoms with E-state index >= 15 is 0 Å². The number of alkyl carbamates (subject to hydrolysis) is 2. The van der Waals surface area contributed by atoms with Crippen molar-refractivity contribution in [1.29, 1.82) is 0 Å². The number of nitrogens with two attached hydrogens (primary N) is 2. The monoisotopic (exact) mass is 777 g/mol. The molecule has 0 aromatic heterocycles. The zero-order valence-electron chi connectivity index (χ0n) is 34.9. The Morgan fingerprint density at radius 3 is 1.44 bits per heavy atom. The molecule has 0 aliphatic heterocycles. The van der Waals surface area contributed by atoms with E-state index in [9.17, 15) is 28.8 Å². The summed E-state index contributed by atoms with van der Waals surface area (Å²) in [5, 5.41) is 10.2. The average molecular weight is 777 g/mol. The second-order valence-corrected chi connectivity index (χ2v) is 16.2. The first kappa shape index (κ1) is 48.9. The first-order valence-electron chi connectivity index (χ1n) is 19.4. The smallest absolute Gasteiger partial charge is 0.408 e. The summed E-state index contributed by atoms with van der Waals surface area (Å²) < 4.78 is 16.9. The second kappa shape index (κ2) is 21.9. The number of hydrogen-bond donors (Lipinski definition) is 6. The quantitative estimate of drug-likeness (QED) is 0.0528. The largest absolute Gasteiger partial charge is 0.444 e. The van der Waals surface area contributed by atoms with Crippen LogP contribution in [0.3, 0.4) is 0 Å². The van der Waals surface area contributed by atoms with Crippen LogP contribution in [0.25, 0.3) is 0 Å². The van der Waals surface area contributed by atoms with E-state index in [0.29, 0.717) is 19.3 Å². The molecule has 0 spiro atoms. The van der Waals surface area contributed by atoms with Crippen LogP contribution in [0, 0.1) is 5.92 Å². The van der Waals surface area contributed by atoms with E-state index in [1.165, 1.54) is 13.8 Å². The number of ether oxygens (including phenoxy) is 3. The van der Waals surface area contributed by atoms with Crippen LogP contribution in [0.15, 0.2) is 30.3 Å². The summed E-state index contributed by atoms with van der Waals surface area (Å²) in [6, 6.07) is 6.81. The third kappa shape index (κ3) is 17.1. The number of nitrogens with one attached hydrogen (secondary N) is 4. The number of carbonyl (C=O) groups is 6. The number of ketones is 2. The molecule has 8 N–H and O–H groups in total. The Morgan fingerprint density at radius 2 is 1.07 bits per heavy atom. The fraction of sp³-hybridized carbons (Fsp3) is 0.700. The highest BCUT2D eigenvalue weighted by Crippen LogP contribution is 2.23. The van der Waals surface area contributed by atoms with Gasteiger partial charge in [-0.05, 0) is 80.2 Å². The normalized spacial score (nSPS) is 16.2. The van der Waals surface area contributed by atoms with Crippen LogP contribution in [0.1, 0.15) is 133 Å². The average Bonchev–Trinajstić information content (AvgIpc) is 3.05. The molecule has 0 bridgehead atoms. The molecule has 0 saturated heterocycles. The van der Waals surface area contributed by atoms with E-state index in [2.05, 4.69) is 21.3 Å². The fourth-order valence-corrected chi connectivity index (χ4v) is 5.93. The predicted octanol–water partition coefficient (Wildman–Crippen LogP) is 4.88. The van der Waals surface area contributed by atoms with Crippen LogP contribution < -0.4 is 32.7 Å². The number of hydrogen-bond acceptors (Lipinski definition) is 11. The topological polar surface area (TPSA) is 230 Å². The van der Waals surface area contributed by atoms with Gasteiger partial charge >= 0.3 is 12.2 Å². The number of amides is 4. The van der Waals surface area contributed by atoms with Crippen LogP contribution in [0.5, 0.6) is 0 Å². The molecule has 5 atom stereocenters. The van der Waals surface area contributed by atoms with Gasteiger partial charge in [-0.3, -0.25) is 19.2 Å². The minimum atomic E-state index is -2.03. The van der Waals surface area contributed by atoms with Gasteiger partial charge in [0, 0.05) is 0 Å². The highest BCUT2D eigenvalue weighted by atomic mass is 16.6. The van der Waals surface area contributed by atoms with E-state index < -0.39 is 82.2 Å². The summed E-state index contributed by atoms with van der Waals surface area (Å²) in [6.07, 6.45) is 0.324.